The van der Waals surface area contributed by atoms with Crippen molar-refractivity contribution >= 4 is 50.0 Å². The second-order valence-electron chi connectivity index (χ2n) is 9.97. The summed E-state index contributed by atoms with van der Waals surface area (Å²) in [5.74, 6) is -0.670. The summed E-state index contributed by atoms with van der Waals surface area (Å²) in [4.78, 5) is 12.6. The molecule has 0 spiro atoms. The first-order valence-corrected chi connectivity index (χ1v) is 22.5. The summed E-state index contributed by atoms with van der Waals surface area (Å²) >= 11 is 0. The molecule has 0 rings (SSSR count). The molecule has 0 aliphatic heterocycles. The molecule has 0 heterocycles. The van der Waals surface area contributed by atoms with Crippen molar-refractivity contribution in [1.29, 1.82) is 0 Å². The highest BCUT2D eigenvalue weighted by atomic mass is 33.1. The molecule has 44 heavy (non-hydrogen) atoms. The number of nitrogens with zero attached hydrogens (tertiary/aromatic N) is 2. The van der Waals surface area contributed by atoms with E-state index in [1.807, 2.05) is 4.90 Å². The van der Waals surface area contributed by atoms with Crippen LogP contribution in [-0.4, -0.2) is 144 Å². The third-order valence-electron chi connectivity index (χ3n) is 6.30. The maximum Gasteiger partial charge on any atom is 0.293 e. The van der Waals surface area contributed by atoms with Gasteiger partial charge in [0.1, 0.15) is 0 Å². The van der Waals surface area contributed by atoms with Gasteiger partial charge in [0.25, 0.3) is 30.4 Å². The summed E-state index contributed by atoms with van der Waals surface area (Å²) < 4.78 is 110. The molecule has 2 N–H and O–H groups in total. The van der Waals surface area contributed by atoms with E-state index in [-0.39, 0.29) is 23.7 Å². The van der Waals surface area contributed by atoms with Crippen molar-refractivity contribution in [2.75, 3.05) is 95.8 Å². The summed E-state index contributed by atoms with van der Waals surface area (Å²) in [6.07, 6.45) is 5.68. The zero-order chi connectivity index (χ0) is 33.5. The Hall–Kier alpha value is -0.170. The zero-order valence-corrected chi connectivity index (χ0v) is 30.0. The predicted octanol–water partition coefficient (Wildman–Crippen LogP) is 0.697. The normalized spacial score (nSPS) is 13.3. The van der Waals surface area contributed by atoms with Crippen molar-refractivity contribution in [3.63, 3.8) is 0 Å². The van der Waals surface area contributed by atoms with Crippen LogP contribution in [0.25, 0.3) is 0 Å². The van der Waals surface area contributed by atoms with Crippen molar-refractivity contribution in [2.24, 2.45) is 0 Å². The van der Waals surface area contributed by atoms with Crippen LogP contribution >= 0.6 is 10.8 Å². The van der Waals surface area contributed by atoms with Crippen LogP contribution in [0.15, 0.2) is 0 Å². The topological polar surface area (TPSA) is 212 Å². The maximum absolute atomic E-state index is 11.8. The van der Waals surface area contributed by atoms with Crippen molar-refractivity contribution in [3.8, 4) is 0 Å². The zero-order valence-electron chi connectivity index (χ0n) is 25.9. The van der Waals surface area contributed by atoms with Crippen molar-refractivity contribution < 1.29 is 56.7 Å². The molecule has 16 nitrogen and oxygen atoms in total. The second-order valence-corrected chi connectivity index (χ2v) is 19.2. The highest BCUT2D eigenvalue weighted by molar-refractivity contribution is 8.71. The fourth-order valence-electron chi connectivity index (χ4n) is 4.08. The lowest BCUT2D eigenvalue weighted by molar-refractivity contribution is -0.172. The van der Waals surface area contributed by atoms with Gasteiger partial charge in [0.15, 0.2) is 0 Å². The molecule has 0 aromatic heterocycles. The quantitative estimate of drug-likeness (QED) is 0.0329. The molecule has 0 radical (unpaired) electrons. The number of rotatable bonds is 31. The Kier molecular flexibility index (Phi) is 24.0. The molecule has 0 amide bonds. The molecule has 0 aromatic rings. The molecule has 21 heteroatoms. The van der Waals surface area contributed by atoms with Crippen LogP contribution in [0.4, 0.5) is 0 Å². The minimum absolute atomic E-state index is 0.157. The maximum atomic E-state index is 11.8. The first kappa shape index (κ1) is 43.8. The fourth-order valence-corrected chi connectivity index (χ4v) is 7.82. The number of unbranched alkanes of at least 4 members (excludes halogenated alkanes) is 4. The van der Waals surface area contributed by atoms with Gasteiger partial charge < -0.3 is 15.1 Å². The molecular weight excluding hydrogens is 687 g/mol. The summed E-state index contributed by atoms with van der Waals surface area (Å²) in [6.45, 7) is 4.56. The summed E-state index contributed by atoms with van der Waals surface area (Å²) in [5, 5.41) is 3.35. The van der Waals surface area contributed by atoms with Gasteiger partial charge in [-0.25, -0.2) is 18.2 Å². The van der Waals surface area contributed by atoms with Gasteiger partial charge in [0, 0.05) is 26.2 Å². The average molecular weight is 738 g/mol. The van der Waals surface area contributed by atoms with Crippen LogP contribution in [0.2, 0.25) is 0 Å². The average Bonchev–Trinajstić information content (AvgIpc) is 2.91. The van der Waals surface area contributed by atoms with Crippen LogP contribution in [0.3, 0.4) is 0 Å². The van der Waals surface area contributed by atoms with E-state index in [1.165, 1.54) is 0 Å². The lowest BCUT2D eigenvalue weighted by Gasteiger charge is -2.28. The van der Waals surface area contributed by atoms with Gasteiger partial charge in [0.05, 0.1) is 37.2 Å². The first-order valence-electron chi connectivity index (χ1n) is 14.3. The van der Waals surface area contributed by atoms with E-state index < -0.39 is 45.0 Å². The number of hydrogen-bond donors (Lipinski definition) is 2. The molecule has 0 aromatic carbocycles. The lowest BCUT2D eigenvalue weighted by atomic mass is 10.2. The number of hydrogen-bond acceptors (Lipinski definition) is 16. The molecule has 0 aliphatic carbocycles. The lowest BCUT2D eigenvalue weighted by Crippen LogP contribution is -2.40. The smallest absolute Gasteiger partial charge is 0.293 e. The molecule has 0 fully saturated rings. The molecule has 0 saturated heterocycles. The Balaban J connectivity index is 5.00. The molecule has 0 saturated carbocycles. The molecule has 0 unspecified atom stereocenters. The van der Waals surface area contributed by atoms with E-state index in [1.54, 1.807) is 6.26 Å². The van der Waals surface area contributed by atoms with Gasteiger partial charge in [-0.15, -0.1) is 8.67 Å². The SMILES string of the molecule is COOS(=O)(=O)CCCCN(CCCS(=O)(=O)O)CCN(CCCCS(=O)(=O)OOC)CCNCCCCCS(=O)(=O)SC. The third-order valence-corrected chi connectivity index (χ3v) is 12.7. The summed E-state index contributed by atoms with van der Waals surface area (Å²) in [7, 11) is -11.7. The van der Waals surface area contributed by atoms with Crippen LogP contribution < -0.4 is 5.32 Å². The Morgan fingerprint density at radius 3 is 1.52 bits per heavy atom. The molecule has 266 valence electrons. The Labute approximate surface area is 268 Å². The van der Waals surface area contributed by atoms with E-state index in [2.05, 4.69) is 28.7 Å². The van der Waals surface area contributed by atoms with E-state index in [0.29, 0.717) is 77.9 Å². The standard InChI is InChI=1S/C23H51N3O13S5/c1-36-38-42(30,31)21-9-6-14-25(16-11-20-41(27,28)29)18-19-26(15-7-10-22-43(32,33)39-37-2)17-13-24-12-5-4-8-23-44(34,35)40-3/h24H,4-23H2,1-3H3,(H,27,28,29). The van der Waals surface area contributed by atoms with Gasteiger partial charge in [-0.3, -0.25) is 4.55 Å². The molecular formula is C23H51N3O13S5. The summed E-state index contributed by atoms with van der Waals surface area (Å²) in [5.41, 5.74) is 0. The van der Waals surface area contributed by atoms with Gasteiger partial charge in [-0.1, -0.05) is 6.42 Å². The fraction of sp³-hybridized carbons (Fsp3) is 1.00. The number of nitrogens with one attached hydrogen (secondary N) is 1. The Morgan fingerprint density at radius 1 is 0.568 bits per heavy atom. The monoisotopic (exact) mass is 737 g/mol. The van der Waals surface area contributed by atoms with Crippen molar-refractivity contribution in [3.05, 3.63) is 0 Å². The van der Waals surface area contributed by atoms with E-state index >= 15 is 0 Å². The van der Waals surface area contributed by atoms with E-state index in [9.17, 15) is 33.7 Å². The van der Waals surface area contributed by atoms with Crippen LogP contribution in [0.5, 0.6) is 0 Å². The van der Waals surface area contributed by atoms with Crippen LogP contribution in [0.1, 0.15) is 51.4 Å². The van der Waals surface area contributed by atoms with Crippen molar-refractivity contribution in [2.45, 2.75) is 51.4 Å². The Bertz CT molecular complexity index is 1170. The summed E-state index contributed by atoms with van der Waals surface area (Å²) in [6, 6.07) is 0. The minimum atomic E-state index is -4.12. The van der Waals surface area contributed by atoms with Gasteiger partial charge in [0.2, 0.25) is 8.87 Å². The molecule has 0 atom stereocenters. The van der Waals surface area contributed by atoms with E-state index in [4.69, 9.17) is 4.55 Å². The van der Waals surface area contributed by atoms with Crippen molar-refractivity contribution in [1.82, 2.24) is 15.1 Å². The largest absolute Gasteiger partial charge is 0.315 e. The third kappa shape index (κ3) is 27.0. The Morgan fingerprint density at radius 2 is 1.05 bits per heavy atom. The van der Waals surface area contributed by atoms with E-state index in [0.717, 1.165) is 44.4 Å². The minimum Gasteiger partial charge on any atom is -0.315 e. The molecule has 0 bridgehead atoms. The van der Waals surface area contributed by atoms with Gasteiger partial charge >= 0.3 is 0 Å². The molecule has 0 aliphatic rings. The highest BCUT2D eigenvalue weighted by Gasteiger charge is 2.16. The second kappa shape index (κ2) is 24.0. The van der Waals surface area contributed by atoms with Crippen LogP contribution in [-0.2, 0) is 57.7 Å². The first-order chi connectivity index (χ1) is 20.5. The van der Waals surface area contributed by atoms with Gasteiger partial charge in [-0.2, -0.15) is 25.3 Å². The highest BCUT2D eigenvalue weighted by Crippen LogP contribution is 2.11. The van der Waals surface area contributed by atoms with Crippen LogP contribution in [0, 0.1) is 0 Å². The van der Waals surface area contributed by atoms with Gasteiger partial charge in [-0.05, 0) is 88.2 Å². The predicted molar refractivity (Wildman–Crippen MR) is 170 cm³/mol.